The van der Waals surface area contributed by atoms with Crippen LogP contribution in [0.25, 0.3) is 0 Å². The molecular weight excluding hydrogens is 212 g/mol. The summed E-state index contributed by atoms with van der Waals surface area (Å²) in [5.41, 5.74) is 5.72. The van der Waals surface area contributed by atoms with E-state index in [-0.39, 0.29) is 11.8 Å². The Bertz CT molecular complexity index is 245. The molecule has 3 nitrogen and oxygen atoms in total. The van der Waals surface area contributed by atoms with E-state index in [1.54, 1.807) is 0 Å². The van der Waals surface area contributed by atoms with Crippen LogP contribution in [0.4, 0.5) is 0 Å². The average Bonchev–Trinajstić information content (AvgIpc) is 2.29. The first kappa shape index (κ1) is 14.5. The molecule has 0 bridgehead atoms. The molecule has 1 rings (SSSR count). The standard InChI is InChI=1S/C14H28N2O/c1-10(2)13(9-15)14(17)16(4)12-7-5-11(3)6-8-12/h10-13H,5-9,15H2,1-4H3. The summed E-state index contributed by atoms with van der Waals surface area (Å²) >= 11 is 0. The minimum atomic E-state index is -0.0145. The van der Waals surface area contributed by atoms with Crippen molar-refractivity contribution in [2.45, 2.75) is 52.5 Å². The monoisotopic (exact) mass is 240 g/mol. The Labute approximate surface area is 106 Å². The average molecular weight is 240 g/mol. The summed E-state index contributed by atoms with van der Waals surface area (Å²) in [7, 11) is 1.95. The quantitative estimate of drug-likeness (QED) is 0.819. The highest BCUT2D eigenvalue weighted by molar-refractivity contribution is 5.79. The van der Waals surface area contributed by atoms with E-state index in [0.29, 0.717) is 18.5 Å². The van der Waals surface area contributed by atoms with Gasteiger partial charge in [-0.05, 0) is 37.5 Å². The molecular formula is C14H28N2O. The van der Waals surface area contributed by atoms with Crippen molar-refractivity contribution in [2.75, 3.05) is 13.6 Å². The van der Waals surface area contributed by atoms with Gasteiger partial charge >= 0.3 is 0 Å². The summed E-state index contributed by atoms with van der Waals surface area (Å²) in [6, 6.07) is 0.437. The van der Waals surface area contributed by atoms with E-state index in [9.17, 15) is 4.79 Å². The Morgan fingerprint density at radius 1 is 1.29 bits per heavy atom. The summed E-state index contributed by atoms with van der Waals surface area (Å²) in [5.74, 6) is 1.38. The van der Waals surface area contributed by atoms with E-state index < -0.39 is 0 Å². The molecule has 0 aliphatic heterocycles. The van der Waals surface area contributed by atoms with Crippen LogP contribution in [0.5, 0.6) is 0 Å². The molecule has 1 saturated carbocycles. The minimum absolute atomic E-state index is 0.0145. The Hall–Kier alpha value is -0.570. The lowest BCUT2D eigenvalue weighted by molar-refractivity contribution is -0.138. The Kier molecular flexibility index (Phi) is 5.44. The Morgan fingerprint density at radius 3 is 2.24 bits per heavy atom. The molecule has 100 valence electrons. The zero-order valence-electron chi connectivity index (χ0n) is 11.8. The number of carbonyl (C=O) groups is 1. The molecule has 1 aliphatic carbocycles. The number of nitrogens with two attached hydrogens (primary N) is 1. The van der Waals surface area contributed by atoms with Gasteiger partial charge in [0.15, 0.2) is 0 Å². The lowest BCUT2D eigenvalue weighted by atomic mass is 9.85. The second-order valence-electron chi connectivity index (χ2n) is 5.95. The normalized spacial score (nSPS) is 26.9. The van der Waals surface area contributed by atoms with Crippen LogP contribution in [0, 0.1) is 17.8 Å². The van der Waals surface area contributed by atoms with E-state index in [0.717, 1.165) is 18.8 Å². The van der Waals surface area contributed by atoms with E-state index in [1.807, 2.05) is 11.9 Å². The first-order valence-electron chi connectivity index (χ1n) is 6.94. The first-order valence-corrected chi connectivity index (χ1v) is 6.94. The molecule has 1 atom stereocenters. The van der Waals surface area contributed by atoms with Crippen molar-refractivity contribution < 1.29 is 4.79 Å². The number of amides is 1. The zero-order valence-corrected chi connectivity index (χ0v) is 11.8. The fraction of sp³-hybridized carbons (Fsp3) is 0.929. The van der Waals surface area contributed by atoms with Gasteiger partial charge in [-0.15, -0.1) is 0 Å². The predicted molar refractivity (Wildman–Crippen MR) is 71.6 cm³/mol. The van der Waals surface area contributed by atoms with Crippen LogP contribution in [-0.4, -0.2) is 30.4 Å². The van der Waals surface area contributed by atoms with Gasteiger partial charge < -0.3 is 10.6 Å². The van der Waals surface area contributed by atoms with Gasteiger partial charge in [-0.3, -0.25) is 4.79 Å². The van der Waals surface area contributed by atoms with Gasteiger partial charge in [0.2, 0.25) is 5.91 Å². The van der Waals surface area contributed by atoms with Gasteiger partial charge in [0.05, 0.1) is 5.92 Å². The lowest BCUT2D eigenvalue weighted by Crippen LogP contribution is -2.45. The molecule has 0 aromatic rings. The lowest BCUT2D eigenvalue weighted by Gasteiger charge is -2.36. The highest BCUT2D eigenvalue weighted by Gasteiger charge is 2.29. The van der Waals surface area contributed by atoms with Crippen molar-refractivity contribution in [2.24, 2.45) is 23.5 Å². The summed E-state index contributed by atoms with van der Waals surface area (Å²) in [6.07, 6.45) is 4.80. The number of nitrogens with zero attached hydrogens (tertiary/aromatic N) is 1. The van der Waals surface area contributed by atoms with Crippen molar-refractivity contribution >= 4 is 5.91 Å². The molecule has 0 spiro atoms. The molecule has 0 saturated heterocycles. The van der Waals surface area contributed by atoms with Crippen LogP contribution >= 0.6 is 0 Å². The molecule has 1 fully saturated rings. The van der Waals surface area contributed by atoms with Crippen molar-refractivity contribution in [1.82, 2.24) is 4.90 Å². The van der Waals surface area contributed by atoms with Gasteiger partial charge in [-0.25, -0.2) is 0 Å². The largest absolute Gasteiger partial charge is 0.342 e. The third kappa shape index (κ3) is 3.70. The van der Waals surface area contributed by atoms with Gasteiger partial charge in [-0.2, -0.15) is 0 Å². The topological polar surface area (TPSA) is 46.3 Å². The second-order valence-corrected chi connectivity index (χ2v) is 5.95. The number of hydrogen-bond acceptors (Lipinski definition) is 2. The van der Waals surface area contributed by atoms with Crippen molar-refractivity contribution in [1.29, 1.82) is 0 Å². The molecule has 1 aliphatic rings. The Balaban J connectivity index is 2.56. The maximum Gasteiger partial charge on any atom is 0.227 e. The van der Waals surface area contributed by atoms with E-state index in [4.69, 9.17) is 5.73 Å². The molecule has 3 heteroatoms. The van der Waals surface area contributed by atoms with Crippen molar-refractivity contribution in [3.05, 3.63) is 0 Å². The molecule has 0 aromatic carbocycles. The fourth-order valence-corrected chi connectivity index (χ4v) is 2.73. The number of hydrogen-bond donors (Lipinski definition) is 1. The maximum absolute atomic E-state index is 12.3. The summed E-state index contributed by atoms with van der Waals surface area (Å²) in [5, 5.41) is 0. The third-order valence-corrected chi connectivity index (χ3v) is 4.26. The second kappa shape index (κ2) is 6.39. The molecule has 1 amide bonds. The SMILES string of the molecule is CC1CCC(N(C)C(=O)C(CN)C(C)C)CC1. The van der Waals surface area contributed by atoms with Gasteiger partial charge in [0, 0.05) is 19.6 Å². The molecule has 0 radical (unpaired) electrons. The van der Waals surface area contributed by atoms with Crippen LogP contribution in [0.3, 0.4) is 0 Å². The molecule has 1 unspecified atom stereocenters. The number of carbonyl (C=O) groups excluding carboxylic acids is 1. The van der Waals surface area contributed by atoms with Crippen LogP contribution in [0.2, 0.25) is 0 Å². The predicted octanol–water partition coefficient (Wildman–Crippen LogP) is 2.25. The summed E-state index contributed by atoms with van der Waals surface area (Å²) in [6.45, 7) is 6.91. The smallest absolute Gasteiger partial charge is 0.227 e. The van der Waals surface area contributed by atoms with E-state index in [1.165, 1.54) is 12.8 Å². The van der Waals surface area contributed by atoms with Gasteiger partial charge in [-0.1, -0.05) is 20.8 Å². The molecule has 0 aromatic heterocycles. The van der Waals surface area contributed by atoms with Crippen LogP contribution in [0.1, 0.15) is 46.5 Å². The van der Waals surface area contributed by atoms with E-state index >= 15 is 0 Å². The van der Waals surface area contributed by atoms with Gasteiger partial charge in [0.1, 0.15) is 0 Å². The molecule has 2 N–H and O–H groups in total. The fourth-order valence-electron chi connectivity index (χ4n) is 2.73. The van der Waals surface area contributed by atoms with Crippen LogP contribution in [-0.2, 0) is 4.79 Å². The first-order chi connectivity index (χ1) is 7.97. The summed E-state index contributed by atoms with van der Waals surface area (Å²) in [4.78, 5) is 14.3. The Morgan fingerprint density at radius 2 is 1.82 bits per heavy atom. The summed E-state index contributed by atoms with van der Waals surface area (Å²) < 4.78 is 0. The minimum Gasteiger partial charge on any atom is -0.342 e. The zero-order chi connectivity index (χ0) is 13.0. The van der Waals surface area contributed by atoms with Crippen molar-refractivity contribution in [3.63, 3.8) is 0 Å². The van der Waals surface area contributed by atoms with Crippen molar-refractivity contribution in [3.8, 4) is 0 Å². The van der Waals surface area contributed by atoms with Crippen LogP contribution < -0.4 is 5.73 Å². The number of rotatable bonds is 4. The highest BCUT2D eigenvalue weighted by atomic mass is 16.2. The molecule has 0 heterocycles. The van der Waals surface area contributed by atoms with Crippen LogP contribution in [0.15, 0.2) is 0 Å². The maximum atomic E-state index is 12.3. The van der Waals surface area contributed by atoms with Gasteiger partial charge in [0.25, 0.3) is 0 Å². The highest BCUT2D eigenvalue weighted by Crippen LogP contribution is 2.27. The van der Waals surface area contributed by atoms with E-state index in [2.05, 4.69) is 20.8 Å². The third-order valence-electron chi connectivity index (χ3n) is 4.26. The molecule has 17 heavy (non-hydrogen) atoms.